The van der Waals surface area contributed by atoms with Gasteiger partial charge in [-0.25, -0.2) is 0 Å². The molecule has 9 nitrogen and oxygen atoms in total. The second kappa shape index (κ2) is 82.9. The molecule has 0 fully saturated rings. The normalized spacial score (nSPS) is 13.7. The van der Waals surface area contributed by atoms with Crippen LogP contribution in [0.2, 0.25) is 0 Å². The summed E-state index contributed by atoms with van der Waals surface area (Å²) in [5.74, 6) is -0.821. The van der Waals surface area contributed by atoms with Gasteiger partial charge in [-0.2, -0.15) is 0 Å². The highest BCUT2D eigenvalue weighted by molar-refractivity contribution is 7.45. The Morgan fingerprint density at radius 1 is 0.298 bits per heavy atom. The van der Waals surface area contributed by atoms with Crippen molar-refractivity contribution < 1.29 is 42.1 Å². The highest BCUT2D eigenvalue weighted by Crippen LogP contribution is 2.38. The number of allylic oxidation sites excluding steroid dienone is 24. The standard InChI is InChI=1S/C94H164NO8P/c1-6-8-10-12-14-16-18-20-22-24-26-28-30-32-34-36-38-40-42-44-46-47-49-50-52-54-56-58-60-62-64-66-68-70-72-74-76-78-80-82-84-86-93(96)100-90-92(91-102-104(98,99)101-89-88-95(3,4)5)103-94(97)87-85-83-81-79-77-75-73-71-69-67-65-63-61-59-57-55-53-51-48-45-43-41-39-37-35-33-31-29-27-25-23-21-19-17-15-13-11-9-7-2/h8-11,14-17,20-23,26-29,33,35,39,41,45,48,53,55,92H,6-7,12-13,18-19,24-25,30-32,34,36-38,40,42-44,46-47,49-52,54,56-91H2,1-5H3/b10-8-,11-9-,16-14-,17-15-,22-20-,23-21-,28-26-,29-27-,35-33-,41-39-,48-45-,55-53-. The van der Waals surface area contributed by atoms with E-state index in [-0.39, 0.29) is 32.0 Å². The Labute approximate surface area is 643 Å². The Morgan fingerprint density at radius 3 is 0.769 bits per heavy atom. The fourth-order valence-corrected chi connectivity index (χ4v) is 13.0. The topological polar surface area (TPSA) is 111 Å². The van der Waals surface area contributed by atoms with Crippen molar-refractivity contribution in [2.75, 3.05) is 47.5 Å². The van der Waals surface area contributed by atoms with Crippen LogP contribution in [-0.2, 0) is 32.7 Å². The zero-order valence-electron chi connectivity index (χ0n) is 68.4. The molecule has 2 atom stereocenters. The quantitative estimate of drug-likeness (QED) is 0.0195. The molecule has 0 spiro atoms. The number of phosphoric ester groups is 1. The van der Waals surface area contributed by atoms with E-state index in [2.05, 4.69) is 160 Å². The minimum atomic E-state index is -4.65. The molecule has 0 saturated carbocycles. The predicted octanol–water partition coefficient (Wildman–Crippen LogP) is 29.0. The molecular weight excluding hydrogens is 1300 g/mol. The number of nitrogens with zero attached hydrogens (tertiary/aromatic N) is 1. The third kappa shape index (κ3) is 86.8. The average molecular weight is 1470 g/mol. The van der Waals surface area contributed by atoms with Crippen molar-refractivity contribution in [2.45, 2.75) is 392 Å². The molecule has 0 radical (unpaired) electrons. The number of hydrogen-bond donors (Lipinski definition) is 0. The van der Waals surface area contributed by atoms with Crippen molar-refractivity contribution in [1.82, 2.24) is 0 Å². The van der Waals surface area contributed by atoms with Crippen molar-refractivity contribution >= 4 is 19.8 Å². The molecular formula is C94H164NO8P. The van der Waals surface area contributed by atoms with E-state index in [4.69, 9.17) is 18.5 Å². The van der Waals surface area contributed by atoms with Gasteiger partial charge in [-0.1, -0.05) is 404 Å². The summed E-state index contributed by atoms with van der Waals surface area (Å²) < 4.78 is 34.5. The summed E-state index contributed by atoms with van der Waals surface area (Å²) in [6.07, 6.45) is 123. The zero-order valence-corrected chi connectivity index (χ0v) is 69.3. The summed E-state index contributed by atoms with van der Waals surface area (Å²) in [5, 5.41) is 0. The summed E-state index contributed by atoms with van der Waals surface area (Å²) >= 11 is 0. The maximum absolute atomic E-state index is 12.9. The molecule has 0 aliphatic heterocycles. The van der Waals surface area contributed by atoms with Crippen LogP contribution in [0.1, 0.15) is 386 Å². The van der Waals surface area contributed by atoms with Crippen molar-refractivity contribution in [3.63, 3.8) is 0 Å². The number of quaternary nitrogens is 1. The van der Waals surface area contributed by atoms with Crippen LogP contribution in [0.15, 0.2) is 146 Å². The number of esters is 2. The van der Waals surface area contributed by atoms with Crippen LogP contribution in [0.3, 0.4) is 0 Å². The zero-order chi connectivity index (χ0) is 75.4. The van der Waals surface area contributed by atoms with Crippen LogP contribution >= 0.6 is 7.82 Å². The number of unbranched alkanes of at least 4 members (excludes halogenated alkanes) is 42. The number of ether oxygens (including phenoxy) is 2. The van der Waals surface area contributed by atoms with Gasteiger partial charge in [0, 0.05) is 12.8 Å². The molecule has 0 amide bonds. The lowest BCUT2D eigenvalue weighted by molar-refractivity contribution is -0.870. The Kier molecular flexibility index (Phi) is 79.7. The molecule has 598 valence electrons. The lowest BCUT2D eigenvalue weighted by Crippen LogP contribution is -2.37. The summed E-state index contributed by atoms with van der Waals surface area (Å²) in [5.41, 5.74) is 0. The van der Waals surface area contributed by atoms with Crippen molar-refractivity contribution in [3.8, 4) is 0 Å². The maximum Gasteiger partial charge on any atom is 0.306 e. The van der Waals surface area contributed by atoms with Gasteiger partial charge in [0.05, 0.1) is 27.7 Å². The number of phosphoric acid groups is 1. The van der Waals surface area contributed by atoms with Gasteiger partial charge in [0.2, 0.25) is 0 Å². The third-order valence-corrected chi connectivity index (χ3v) is 19.8. The summed E-state index contributed by atoms with van der Waals surface area (Å²) in [4.78, 5) is 38.3. The molecule has 0 aliphatic rings. The fraction of sp³-hybridized carbons (Fsp3) is 0.723. The largest absolute Gasteiger partial charge is 0.756 e. The maximum atomic E-state index is 12.9. The van der Waals surface area contributed by atoms with Crippen LogP contribution in [0.4, 0.5) is 0 Å². The van der Waals surface area contributed by atoms with Gasteiger partial charge in [0.15, 0.2) is 6.10 Å². The fourth-order valence-electron chi connectivity index (χ4n) is 12.3. The SMILES string of the molecule is CC/C=C\C/C=C\C/C=C\C/C=C\C/C=C\C/C=C\C/C=C\C/C=C\CCCCCCCCCCCCCCCCC(=O)OC(COC(=O)CCCCCCCCCCCCCCCCCCCCCCCCCCCCCC/C=C\C/C=C\C/C=C\C/C=C\CC)COP(=O)([O-])OCC[N+](C)(C)C. The van der Waals surface area contributed by atoms with Crippen molar-refractivity contribution in [3.05, 3.63) is 146 Å². The first-order valence-electron chi connectivity index (χ1n) is 43.5. The summed E-state index contributed by atoms with van der Waals surface area (Å²) in [6, 6.07) is 0. The second-order valence-electron chi connectivity index (χ2n) is 30.1. The van der Waals surface area contributed by atoms with E-state index < -0.39 is 26.5 Å². The third-order valence-electron chi connectivity index (χ3n) is 18.9. The van der Waals surface area contributed by atoms with E-state index in [1.54, 1.807) is 0 Å². The first kappa shape index (κ1) is 99.9. The van der Waals surface area contributed by atoms with Gasteiger partial charge in [-0.3, -0.25) is 14.2 Å². The smallest absolute Gasteiger partial charge is 0.306 e. The number of carbonyl (C=O) groups excluding carboxylic acids is 2. The molecule has 0 rings (SSSR count). The molecule has 0 aromatic heterocycles. The molecule has 0 N–H and O–H groups in total. The van der Waals surface area contributed by atoms with Gasteiger partial charge >= 0.3 is 11.9 Å². The molecule has 104 heavy (non-hydrogen) atoms. The Bertz CT molecular complexity index is 2280. The van der Waals surface area contributed by atoms with Crippen molar-refractivity contribution in [2.24, 2.45) is 0 Å². The van der Waals surface area contributed by atoms with Crippen LogP contribution < -0.4 is 4.89 Å². The second-order valence-corrected chi connectivity index (χ2v) is 31.6. The number of carbonyl (C=O) groups is 2. The van der Waals surface area contributed by atoms with E-state index in [1.807, 2.05) is 21.1 Å². The molecule has 10 heteroatoms. The van der Waals surface area contributed by atoms with Crippen LogP contribution in [0, 0.1) is 0 Å². The Hall–Kier alpha value is -4.11. The lowest BCUT2D eigenvalue weighted by Gasteiger charge is -2.28. The monoisotopic (exact) mass is 1470 g/mol. The van der Waals surface area contributed by atoms with Crippen LogP contribution in [-0.4, -0.2) is 70.0 Å². The molecule has 0 bridgehead atoms. The highest BCUT2D eigenvalue weighted by atomic mass is 31.2. The van der Waals surface area contributed by atoms with Gasteiger partial charge in [-0.15, -0.1) is 0 Å². The molecule has 2 unspecified atom stereocenters. The van der Waals surface area contributed by atoms with Gasteiger partial charge < -0.3 is 27.9 Å². The van der Waals surface area contributed by atoms with Crippen molar-refractivity contribution in [1.29, 1.82) is 0 Å². The first-order chi connectivity index (χ1) is 51.0. The molecule has 0 saturated heterocycles. The first-order valence-corrected chi connectivity index (χ1v) is 45.0. The van der Waals surface area contributed by atoms with E-state index >= 15 is 0 Å². The van der Waals surface area contributed by atoms with E-state index in [1.165, 1.54) is 238 Å². The molecule has 0 heterocycles. The number of hydrogen-bond acceptors (Lipinski definition) is 8. The molecule has 0 aromatic carbocycles. The summed E-state index contributed by atoms with van der Waals surface area (Å²) in [6.45, 7) is 4.05. The van der Waals surface area contributed by atoms with Gasteiger partial charge in [0.25, 0.3) is 7.82 Å². The number of rotatable bonds is 80. The van der Waals surface area contributed by atoms with Crippen LogP contribution in [0.25, 0.3) is 0 Å². The minimum absolute atomic E-state index is 0.0334. The Balaban J connectivity index is 3.92. The summed E-state index contributed by atoms with van der Waals surface area (Å²) in [7, 11) is 1.17. The van der Waals surface area contributed by atoms with Crippen LogP contribution in [0.5, 0.6) is 0 Å². The molecule has 0 aromatic rings. The number of likely N-dealkylation sites (N-methyl/N-ethyl adjacent to an activating group) is 1. The Morgan fingerprint density at radius 2 is 0.519 bits per heavy atom. The minimum Gasteiger partial charge on any atom is -0.756 e. The van der Waals surface area contributed by atoms with E-state index in [0.717, 1.165) is 116 Å². The lowest BCUT2D eigenvalue weighted by atomic mass is 10.0. The predicted molar refractivity (Wildman–Crippen MR) is 452 cm³/mol. The van der Waals surface area contributed by atoms with E-state index in [0.29, 0.717) is 17.4 Å². The van der Waals surface area contributed by atoms with Gasteiger partial charge in [0.1, 0.15) is 19.8 Å². The van der Waals surface area contributed by atoms with Gasteiger partial charge in [-0.05, 0) is 116 Å². The molecule has 0 aliphatic carbocycles. The average Bonchev–Trinajstić information content (AvgIpc) is 0.915. The van der Waals surface area contributed by atoms with E-state index in [9.17, 15) is 19.0 Å². The highest BCUT2D eigenvalue weighted by Gasteiger charge is 2.22.